The van der Waals surface area contributed by atoms with Crippen LogP contribution in [0.3, 0.4) is 0 Å². The molecule has 3 heterocycles. The van der Waals surface area contributed by atoms with Crippen LogP contribution in [0.1, 0.15) is 55.3 Å². The van der Waals surface area contributed by atoms with Crippen LogP contribution in [0.15, 0.2) is 41.3 Å². The Morgan fingerprint density at radius 2 is 1.77 bits per heavy atom. The Morgan fingerprint density at radius 1 is 1.03 bits per heavy atom. The highest BCUT2D eigenvalue weighted by Crippen LogP contribution is 2.41. The maximum atomic E-state index is 16.2. The monoisotopic (exact) mass is 494 g/mol. The van der Waals surface area contributed by atoms with E-state index in [9.17, 15) is 4.79 Å². The number of piperazine rings is 1. The van der Waals surface area contributed by atoms with E-state index >= 15 is 4.39 Å². The van der Waals surface area contributed by atoms with Gasteiger partial charge in [-0.15, -0.1) is 0 Å². The van der Waals surface area contributed by atoms with Gasteiger partial charge in [-0.25, -0.2) is 4.39 Å². The van der Waals surface area contributed by atoms with Crippen molar-refractivity contribution in [2.24, 2.45) is 0 Å². The predicted molar refractivity (Wildman–Crippen MR) is 142 cm³/mol. The topological polar surface area (TPSA) is 40.5 Å². The van der Waals surface area contributed by atoms with Gasteiger partial charge in [0.05, 0.1) is 21.6 Å². The molecular formula is C28H32ClFN4O. The van der Waals surface area contributed by atoms with E-state index in [-0.39, 0.29) is 23.3 Å². The highest BCUT2D eigenvalue weighted by atomic mass is 35.5. The SMILES string of the molecule is Cc1cn(C2CC2)c2c(F)c(N3CCNC(c4ccc(N5CCCCC5)cc4)C3)c(Cl)cc2c1=O. The number of rotatable bonds is 4. The van der Waals surface area contributed by atoms with Crippen LogP contribution in [0.4, 0.5) is 15.8 Å². The molecule has 35 heavy (non-hydrogen) atoms. The standard InChI is InChI=1S/C28H32ClFN4O/c1-18-16-34(21-9-10-21)26-22(28(18)35)15-23(29)27(25(26)30)33-14-11-31-24(17-33)19-5-7-20(8-6-19)32-12-3-2-4-13-32/h5-8,15-16,21,24,31H,2-4,9-14,17H2,1H3. The van der Waals surface area contributed by atoms with Gasteiger partial charge in [-0.3, -0.25) is 4.79 Å². The quantitative estimate of drug-likeness (QED) is 0.514. The minimum Gasteiger partial charge on any atom is -0.372 e. The van der Waals surface area contributed by atoms with E-state index in [1.165, 1.54) is 30.5 Å². The Kier molecular flexibility index (Phi) is 5.97. The van der Waals surface area contributed by atoms with Crippen molar-refractivity contribution in [1.82, 2.24) is 9.88 Å². The lowest BCUT2D eigenvalue weighted by Gasteiger charge is -2.36. The molecule has 0 bridgehead atoms. The number of nitrogens with one attached hydrogen (secondary N) is 1. The number of piperidine rings is 1. The number of halogens is 2. The molecule has 0 amide bonds. The van der Waals surface area contributed by atoms with Gasteiger partial charge in [0.25, 0.3) is 0 Å². The van der Waals surface area contributed by atoms with Crippen LogP contribution in [-0.2, 0) is 0 Å². The van der Waals surface area contributed by atoms with Crippen LogP contribution in [-0.4, -0.2) is 37.3 Å². The van der Waals surface area contributed by atoms with Crippen molar-refractivity contribution in [3.63, 3.8) is 0 Å². The number of aromatic nitrogens is 1. The Labute approximate surface area is 210 Å². The van der Waals surface area contributed by atoms with Gasteiger partial charge in [0.1, 0.15) is 0 Å². The number of hydrogen-bond donors (Lipinski definition) is 1. The summed E-state index contributed by atoms with van der Waals surface area (Å²) in [7, 11) is 0. The van der Waals surface area contributed by atoms with Crippen LogP contribution in [0, 0.1) is 12.7 Å². The third-order valence-electron chi connectivity index (χ3n) is 7.81. The zero-order valence-corrected chi connectivity index (χ0v) is 21.0. The van der Waals surface area contributed by atoms with Gasteiger partial charge in [0.15, 0.2) is 11.2 Å². The highest BCUT2D eigenvalue weighted by molar-refractivity contribution is 6.34. The summed E-state index contributed by atoms with van der Waals surface area (Å²) in [6, 6.07) is 10.8. The molecular weight excluding hydrogens is 463 g/mol. The van der Waals surface area contributed by atoms with Crippen LogP contribution in [0.2, 0.25) is 5.02 Å². The fraction of sp³-hybridized carbons (Fsp3) is 0.464. The average Bonchev–Trinajstić information content (AvgIpc) is 3.73. The highest BCUT2D eigenvalue weighted by Gasteiger charge is 2.31. The molecule has 3 aliphatic rings. The summed E-state index contributed by atoms with van der Waals surface area (Å²) in [5.41, 5.74) is 3.76. The second-order valence-corrected chi connectivity index (χ2v) is 10.7. The summed E-state index contributed by atoms with van der Waals surface area (Å²) in [4.78, 5) is 17.3. The number of fused-ring (bicyclic) bond motifs is 1. The predicted octanol–water partition coefficient (Wildman–Crippen LogP) is 5.58. The number of hydrogen-bond acceptors (Lipinski definition) is 4. The van der Waals surface area contributed by atoms with Crippen molar-refractivity contribution in [2.45, 2.75) is 51.1 Å². The Morgan fingerprint density at radius 3 is 2.49 bits per heavy atom. The second-order valence-electron chi connectivity index (χ2n) is 10.3. The van der Waals surface area contributed by atoms with E-state index in [4.69, 9.17) is 11.6 Å². The first-order chi connectivity index (χ1) is 17.0. The van der Waals surface area contributed by atoms with Gasteiger partial charge in [-0.05, 0) is 62.8 Å². The molecule has 1 saturated carbocycles. The van der Waals surface area contributed by atoms with E-state index in [1.54, 1.807) is 13.0 Å². The van der Waals surface area contributed by atoms with Crippen LogP contribution >= 0.6 is 11.6 Å². The number of pyridine rings is 1. The number of aryl methyl sites for hydroxylation is 1. The molecule has 1 aliphatic carbocycles. The second kappa shape index (κ2) is 9.14. The summed E-state index contributed by atoms with van der Waals surface area (Å²) in [6.45, 7) is 6.04. The molecule has 2 saturated heterocycles. The summed E-state index contributed by atoms with van der Waals surface area (Å²) >= 11 is 6.66. The van der Waals surface area contributed by atoms with Crippen molar-refractivity contribution in [3.05, 3.63) is 68.7 Å². The minimum atomic E-state index is -0.377. The summed E-state index contributed by atoms with van der Waals surface area (Å²) in [6.07, 6.45) is 7.67. The van der Waals surface area contributed by atoms with Gasteiger partial charge >= 0.3 is 0 Å². The first kappa shape index (κ1) is 22.9. The molecule has 1 atom stereocenters. The van der Waals surface area contributed by atoms with Crippen molar-refractivity contribution >= 4 is 33.9 Å². The lowest BCUT2D eigenvalue weighted by atomic mass is 10.0. The molecule has 184 valence electrons. The first-order valence-electron chi connectivity index (χ1n) is 12.9. The molecule has 2 aromatic carbocycles. The lowest BCUT2D eigenvalue weighted by molar-refractivity contribution is 0.466. The van der Waals surface area contributed by atoms with E-state index in [2.05, 4.69) is 34.5 Å². The maximum Gasteiger partial charge on any atom is 0.192 e. The van der Waals surface area contributed by atoms with Gasteiger partial charge < -0.3 is 19.7 Å². The molecule has 3 fully saturated rings. The van der Waals surface area contributed by atoms with Gasteiger partial charge in [0.2, 0.25) is 0 Å². The summed E-state index contributed by atoms with van der Waals surface area (Å²) < 4.78 is 18.1. The Hall–Kier alpha value is -2.57. The van der Waals surface area contributed by atoms with Crippen molar-refractivity contribution < 1.29 is 4.39 Å². The number of benzene rings is 2. The molecule has 3 aromatic rings. The summed E-state index contributed by atoms with van der Waals surface area (Å²) in [5.74, 6) is -0.377. The number of anilines is 2. The molecule has 6 rings (SSSR count). The molecule has 0 radical (unpaired) electrons. The fourth-order valence-electron chi connectivity index (χ4n) is 5.74. The molecule has 7 heteroatoms. The first-order valence-corrected chi connectivity index (χ1v) is 13.3. The molecule has 1 N–H and O–H groups in total. The molecule has 5 nitrogen and oxygen atoms in total. The van der Waals surface area contributed by atoms with E-state index in [0.717, 1.165) is 32.5 Å². The molecule has 2 aliphatic heterocycles. The van der Waals surface area contributed by atoms with E-state index in [0.29, 0.717) is 40.3 Å². The zero-order valence-electron chi connectivity index (χ0n) is 20.2. The largest absolute Gasteiger partial charge is 0.372 e. The van der Waals surface area contributed by atoms with Gasteiger partial charge in [-0.1, -0.05) is 23.7 Å². The number of nitrogens with zero attached hydrogens (tertiary/aromatic N) is 3. The smallest absolute Gasteiger partial charge is 0.192 e. The Bertz CT molecular complexity index is 1310. The van der Waals surface area contributed by atoms with Crippen LogP contribution in [0.25, 0.3) is 10.9 Å². The van der Waals surface area contributed by atoms with Crippen molar-refractivity contribution in [2.75, 3.05) is 42.5 Å². The third-order valence-corrected chi connectivity index (χ3v) is 8.10. The molecule has 1 unspecified atom stereocenters. The van der Waals surface area contributed by atoms with Crippen LogP contribution < -0.4 is 20.5 Å². The normalized spacial score (nSPS) is 21.1. The maximum absolute atomic E-state index is 16.2. The third kappa shape index (κ3) is 4.21. The molecule has 1 aromatic heterocycles. The van der Waals surface area contributed by atoms with E-state index < -0.39 is 0 Å². The zero-order chi connectivity index (χ0) is 24.1. The minimum absolute atomic E-state index is 0.0777. The fourth-order valence-corrected chi connectivity index (χ4v) is 6.06. The van der Waals surface area contributed by atoms with E-state index in [1.807, 2.05) is 15.7 Å². The van der Waals surface area contributed by atoms with Gasteiger partial charge in [-0.2, -0.15) is 0 Å². The van der Waals surface area contributed by atoms with Crippen molar-refractivity contribution in [3.8, 4) is 0 Å². The van der Waals surface area contributed by atoms with Crippen molar-refractivity contribution in [1.29, 1.82) is 0 Å². The van der Waals surface area contributed by atoms with Crippen LogP contribution in [0.5, 0.6) is 0 Å². The average molecular weight is 495 g/mol. The molecule has 0 spiro atoms. The Balaban J connectivity index is 1.32. The van der Waals surface area contributed by atoms with Gasteiger partial charge in [0, 0.05) is 62.3 Å². The summed E-state index contributed by atoms with van der Waals surface area (Å²) in [5, 5.41) is 4.27. The lowest BCUT2D eigenvalue weighted by Crippen LogP contribution is -2.46.